The van der Waals surface area contributed by atoms with Crippen molar-refractivity contribution >= 4 is 37.4 Å². The molecule has 0 amide bonds. The largest absolute Gasteiger partial charge is 0.132 e. The smallest absolute Gasteiger partial charge is 0.0203 e. The molecular weight excluding hydrogens is 350 g/mol. The van der Waals surface area contributed by atoms with Crippen LogP contribution in [0.1, 0.15) is 56.1 Å². The van der Waals surface area contributed by atoms with Gasteiger partial charge in [0.05, 0.1) is 0 Å². The second-order valence-corrected chi connectivity index (χ2v) is 10.2. The van der Waals surface area contributed by atoms with Crippen molar-refractivity contribution in [2.75, 3.05) is 0 Å². The molecule has 132 valence electrons. The number of rotatable bonds is 2. The van der Waals surface area contributed by atoms with Gasteiger partial charge in [-0.15, -0.1) is 16.4 Å². The first kappa shape index (κ1) is 16.7. The summed E-state index contributed by atoms with van der Waals surface area (Å²) in [6, 6.07) is 19.4. The fourth-order valence-corrected chi connectivity index (χ4v) is 6.84. The highest BCUT2D eigenvalue weighted by atomic mass is 31.0. The van der Waals surface area contributed by atoms with Crippen LogP contribution in [0.2, 0.25) is 0 Å². The Morgan fingerprint density at radius 3 is 1.62 bits per heavy atom. The van der Waals surface area contributed by atoms with Gasteiger partial charge in [0.25, 0.3) is 0 Å². The molecule has 0 saturated heterocycles. The third-order valence-electron chi connectivity index (χ3n) is 6.42. The summed E-state index contributed by atoms with van der Waals surface area (Å²) < 4.78 is 0. The molecule has 0 radical (unpaired) electrons. The maximum Gasteiger partial charge on any atom is 0.0203 e. The van der Waals surface area contributed by atoms with Crippen molar-refractivity contribution in [3.8, 4) is 0 Å². The quantitative estimate of drug-likeness (QED) is 0.332. The van der Waals surface area contributed by atoms with Crippen molar-refractivity contribution in [2.24, 2.45) is 0 Å². The number of fused-ring (bicyclic) bond motifs is 2. The minimum absolute atomic E-state index is 0.198. The van der Waals surface area contributed by atoms with Crippen LogP contribution in [-0.4, -0.2) is 0 Å². The average molecular weight is 376 g/mol. The van der Waals surface area contributed by atoms with Gasteiger partial charge in [0.15, 0.2) is 0 Å². The van der Waals surface area contributed by atoms with Crippen LogP contribution in [0, 0.1) is 0 Å². The van der Waals surface area contributed by atoms with Crippen LogP contribution in [0.4, 0.5) is 0 Å². The Morgan fingerprint density at radius 1 is 0.577 bits per heavy atom. The number of hydrogen-bond donors (Lipinski definition) is 0. The van der Waals surface area contributed by atoms with Crippen LogP contribution in [0.15, 0.2) is 60.1 Å². The van der Waals surface area contributed by atoms with E-state index in [0.29, 0.717) is 0 Å². The first-order valence-electron chi connectivity index (χ1n) is 10.0. The van der Waals surface area contributed by atoms with Gasteiger partial charge in [-0.1, -0.05) is 68.5 Å². The van der Waals surface area contributed by atoms with Crippen molar-refractivity contribution in [2.45, 2.75) is 50.4 Å². The first-order valence-corrected chi connectivity index (χ1v) is 12.2. The van der Waals surface area contributed by atoms with E-state index >= 15 is 0 Å². The predicted octanol–water partition coefficient (Wildman–Crippen LogP) is 8.09. The van der Waals surface area contributed by atoms with E-state index in [0.717, 1.165) is 16.4 Å². The van der Waals surface area contributed by atoms with E-state index in [2.05, 4.69) is 60.1 Å². The summed E-state index contributed by atoms with van der Waals surface area (Å²) in [7, 11) is 1.71. The zero-order valence-corrected chi connectivity index (χ0v) is 17.2. The summed E-state index contributed by atoms with van der Waals surface area (Å²) in [6.07, 6.45) is 9.48. The van der Waals surface area contributed by atoms with Gasteiger partial charge in [-0.05, 0) is 68.7 Å². The molecule has 0 spiro atoms. The lowest BCUT2D eigenvalue weighted by atomic mass is 9.66. The summed E-state index contributed by atoms with van der Waals surface area (Å²) >= 11 is 0. The zero-order chi connectivity index (χ0) is 17.4. The summed E-state index contributed by atoms with van der Waals surface area (Å²) in [5.74, 6) is 4.67. The lowest BCUT2D eigenvalue weighted by molar-refractivity contribution is 0.367. The van der Waals surface area contributed by atoms with Gasteiger partial charge in [0.1, 0.15) is 0 Å². The Hall–Kier alpha value is -1.48. The molecule has 2 heteroatoms. The maximum absolute atomic E-state index is 2.51. The third-order valence-corrected chi connectivity index (χ3v) is 8.62. The van der Waals surface area contributed by atoms with Crippen LogP contribution < -0.4 is 0 Å². The average Bonchev–Trinajstić information content (AvgIpc) is 3.30. The Kier molecular flexibility index (Phi) is 4.44. The van der Waals surface area contributed by atoms with Crippen molar-refractivity contribution in [3.63, 3.8) is 0 Å². The lowest BCUT2D eigenvalue weighted by Crippen LogP contribution is -2.28. The molecule has 5 rings (SSSR count). The normalized spacial score (nSPS) is 18.6. The zero-order valence-electron chi connectivity index (χ0n) is 15.2. The first-order chi connectivity index (χ1) is 12.9. The van der Waals surface area contributed by atoms with E-state index in [-0.39, 0.29) is 5.41 Å². The predicted molar refractivity (Wildman–Crippen MR) is 120 cm³/mol. The summed E-state index contributed by atoms with van der Waals surface area (Å²) in [6.45, 7) is 0. The van der Waals surface area contributed by atoms with E-state index in [1.54, 1.807) is 11.1 Å². The minimum atomic E-state index is 0.198. The molecule has 0 N–H and O–H groups in total. The van der Waals surface area contributed by atoms with E-state index in [1.165, 1.54) is 66.0 Å². The second kappa shape index (κ2) is 6.92. The highest BCUT2D eigenvalue weighted by Crippen LogP contribution is 2.45. The molecule has 1 saturated carbocycles. The molecule has 0 nitrogen and oxygen atoms in total. The fraction of sp³-hybridized carbons (Fsp3) is 0.333. The van der Waals surface area contributed by atoms with Crippen LogP contribution >= 0.6 is 16.4 Å². The van der Waals surface area contributed by atoms with Crippen molar-refractivity contribution in [1.82, 2.24) is 0 Å². The monoisotopic (exact) mass is 376 g/mol. The highest BCUT2D eigenvalue weighted by molar-refractivity contribution is 7.36. The van der Waals surface area contributed by atoms with Gasteiger partial charge in [-0.25, -0.2) is 0 Å². The minimum Gasteiger partial charge on any atom is -0.132 e. The third kappa shape index (κ3) is 2.85. The second-order valence-electron chi connectivity index (χ2n) is 7.91. The molecule has 1 aliphatic rings. The van der Waals surface area contributed by atoms with Crippen LogP contribution in [0.5, 0.6) is 0 Å². The van der Waals surface area contributed by atoms with Crippen molar-refractivity contribution in [3.05, 3.63) is 71.3 Å². The van der Waals surface area contributed by atoms with Crippen LogP contribution in [0.25, 0.3) is 21.0 Å². The Morgan fingerprint density at radius 2 is 1.08 bits per heavy atom. The molecule has 2 unspecified atom stereocenters. The molecule has 2 aromatic carbocycles. The molecule has 1 aliphatic carbocycles. The maximum atomic E-state index is 2.51. The molecule has 2 aromatic heterocycles. The van der Waals surface area contributed by atoms with Crippen LogP contribution in [-0.2, 0) is 5.41 Å². The highest BCUT2D eigenvalue weighted by Gasteiger charge is 2.34. The van der Waals surface area contributed by atoms with Gasteiger partial charge < -0.3 is 0 Å². The molecule has 2 atom stereocenters. The summed E-state index contributed by atoms with van der Waals surface area (Å²) in [4.78, 5) is 0. The SMILES string of the molecule is c1cc2cc(C3(c4ccc5[pH]ccc5c4)CCCCCCC3)ccc2[pH]1. The molecule has 2 heterocycles. The van der Waals surface area contributed by atoms with E-state index < -0.39 is 0 Å². The van der Waals surface area contributed by atoms with Gasteiger partial charge in [0.2, 0.25) is 0 Å². The molecule has 1 fully saturated rings. The Bertz CT molecular complexity index is 952. The number of hydrogen-bond acceptors (Lipinski definition) is 0. The van der Waals surface area contributed by atoms with E-state index in [1.807, 2.05) is 0 Å². The van der Waals surface area contributed by atoms with Gasteiger partial charge in [-0.2, -0.15) is 0 Å². The van der Waals surface area contributed by atoms with Crippen molar-refractivity contribution < 1.29 is 0 Å². The molecule has 0 aliphatic heterocycles. The molecular formula is C24H26P2. The fourth-order valence-electron chi connectivity index (χ4n) is 4.95. The van der Waals surface area contributed by atoms with Crippen molar-refractivity contribution in [1.29, 1.82) is 0 Å². The van der Waals surface area contributed by atoms with E-state index in [4.69, 9.17) is 0 Å². The van der Waals surface area contributed by atoms with Gasteiger partial charge in [0, 0.05) is 5.41 Å². The molecule has 4 aromatic rings. The molecule has 0 bridgehead atoms. The Balaban J connectivity index is 1.70. The number of benzene rings is 2. The van der Waals surface area contributed by atoms with Gasteiger partial charge in [-0.3, -0.25) is 0 Å². The Labute approximate surface area is 159 Å². The topological polar surface area (TPSA) is 0 Å². The lowest BCUT2D eigenvalue weighted by Gasteiger charge is -2.37. The summed E-state index contributed by atoms with van der Waals surface area (Å²) in [5, 5.41) is 5.97. The van der Waals surface area contributed by atoms with Crippen LogP contribution in [0.3, 0.4) is 0 Å². The van der Waals surface area contributed by atoms with E-state index in [9.17, 15) is 0 Å². The van der Waals surface area contributed by atoms with Gasteiger partial charge >= 0.3 is 0 Å². The molecule has 26 heavy (non-hydrogen) atoms. The standard InChI is InChI=1S/C24H26P2/c1-2-4-12-24(13-5-3-1,20-6-8-22-18(16-20)10-14-25-22)21-7-9-23-19(17-21)11-15-26-23/h6-11,14-17,25-26H,1-5,12-13H2. The summed E-state index contributed by atoms with van der Waals surface area (Å²) in [5.41, 5.74) is 3.31.